The van der Waals surface area contributed by atoms with E-state index >= 15 is 0 Å². The van der Waals surface area contributed by atoms with Crippen molar-refractivity contribution in [2.75, 3.05) is 19.0 Å². The molecule has 0 N–H and O–H groups in total. The summed E-state index contributed by atoms with van der Waals surface area (Å²) in [6.45, 7) is 12.3. The van der Waals surface area contributed by atoms with Crippen molar-refractivity contribution in [1.82, 2.24) is 0 Å². The predicted octanol–water partition coefficient (Wildman–Crippen LogP) is 9.89. The van der Waals surface area contributed by atoms with Crippen LogP contribution in [0.25, 0.3) is 32.8 Å². The first kappa shape index (κ1) is 26.1. The van der Waals surface area contributed by atoms with Gasteiger partial charge in [-0.25, -0.2) is 4.85 Å². The average molecular weight is 547 g/mol. The Balaban J connectivity index is 1.55. The van der Waals surface area contributed by atoms with Crippen LogP contribution >= 0.6 is 0 Å². The normalized spacial score (nSPS) is 17.6. The third-order valence-electron chi connectivity index (χ3n) is 9.57. The second-order valence-corrected chi connectivity index (χ2v) is 11.6. The van der Waals surface area contributed by atoms with Gasteiger partial charge in [-0.2, -0.15) is 0 Å². The third-order valence-corrected chi connectivity index (χ3v) is 9.57. The highest BCUT2D eigenvalue weighted by molar-refractivity contribution is 6.08. The summed E-state index contributed by atoms with van der Waals surface area (Å²) in [6.07, 6.45) is 6.46. The molecule has 3 nitrogen and oxygen atoms in total. The molecule has 0 bridgehead atoms. The van der Waals surface area contributed by atoms with Crippen molar-refractivity contribution in [2.45, 2.75) is 37.7 Å². The topological polar surface area (TPSA) is 16.8 Å². The van der Waals surface area contributed by atoms with Crippen molar-refractivity contribution in [3.8, 4) is 16.9 Å². The second kappa shape index (κ2) is 9.64. The van der Waals surface area contributed by atoms with Crippen LogP contribution in [0, 0.1) is 6.57 Å². The summed E-state index contributed by atoms with van der Waals surface area (Å²) < 4.78 is 7.41. The quantitative estimate of drug-likeness (QED) is 0.204. The summed E-state index contributed by atoms with van der Waals surface area (Å²) in [5.41, 5.74) is 9.34. The molecule has 0 fully saturated rings. The first-order valence-electron chi connectivity index (χ1n) is 14.8. The van der Waals surface area contributed by atoms with E-state index in [0.29, 0.717) is 5.69 Å². The van der Waals surface area contributed by atoms with Crippen LogP contribution in [0.4, 0.5) is 11.4 Å². The van der Waals surface area contributed by atoms with E-state index in [2.05, 4.69) is 141 Å². The lowest BCUT2D eigenvalue weighted by molar-refractivity contribution is 0.163. The molecule has 0 saturated heterocycles. The number of anilines is 1. The Bertz CT molecular complexity index is 1910. The van der Waals surface area contributed by atoms with Gasteiger partial charge in [-0.3, -0.25) is 0 Å². The van der Waals surface area contributed by atoms with Crippen LogP contribution in [-0.4, -0.2) is 14.1 Å². The van der Waals surface area contributed by atoms with Crippen molar-refractivity contribution in [1.29, 1.82) is 0 Å². The Morgan fingerprint density at radius 2 is 1.45 bits per heavy atom. The maximum Gasteiger partial charge on any atom is 0.187 e. The highest BCUT2D eigenvalue weighted by atomic mass is 16.5. The number of ether oxygens (including phenoxy) is 1. The summed E-state index contributed by atoms with van der Waals surface area (Å²) >= 11 is 0. The smallest absolute Gasteiger partial charge is 0.187 e. The number of benzene rings is 5. The van der Waals surface area contributed by atoms with Crippen molar-refractivity contribution >= 4 is 28.2 Å². The van der Waals surface area contributed by atoms with Gasteiger partial charge in [0.25, 0.3) is 0 Å². The molecule has 3 heteroatoms. The lowest BCUT2D eigenvalue weighted by Crippen LogP contribution is -2.35. The lowest BCUT2D eigenvalue weighted by atomic mass is 9.71. The third kappa shape index (κ3) is 3.51. The van der Waals surface area contributed by atoms with Gasteiger partial charge in [-0.05, 0) is 58.7 Å². The number of hydrogen-bond acceptors (Lipinski definition) is 2. The Morgan fingerprint density at radius 1 is 0.786 bits per heavy atom. The Morgan fingerprint density at radius 3 is 2.12 bits per heavy atom. The zero-order chi connectivity index (χ0) is 29.1. The van der Waals surface area contributed by atoms with Crippen LogP contribution in [0.15, 0.2) is 103 Å². The minimum absolute atomic E-state index is 0.201. The molecule has 1 unspecified atom stereocenters. The van der Waals surface area contributed by atoms with Gasteiger partial charge >= 0.3 is 0 Å². The van der Waals surface area contributed by atoms with E-state index in [-0.39, 0.29) is 5.41 Å². The molecule has 5 aromatic carbocycles. The van der Waals surface area contributed by atoms with Crippen molar-refractivity contribution in [3.05, 3.63) is 142 Å². The Labute approximate surface area is 248 Å². The summed E-state index contributed by atoms with van der Waals surface area (Å²) in [7, 11) is 4.13. The van der Waals surface area contributed by atoms with Crippen LogP contribution < -0.4 is 9.64 Å². The van der Waals surface area contributed by atoms with Crippen LogP contribution in [-0.2, 0) is 11.0 Å². The fourth-order valence-electron chi connectivity index (χ4n) is 7.37. The van der Waals surface area contributed by atoms with E-state index in [4.69, 9.17) is 11.3 Å². The van der Waals surface area contributed by atoms with Gasteiger partial charge in [0.2, 0.25) is 0 Å². The molecule has 0 radical (unpaired) electrons. The van der Waals surface area contributed by atoms with Gasteiger partial charge < -0.3 is 9.64 Å². The molecule has 42 heavy (non-hydrogen) atoms. The van der Waals surface area contributed by atoms with E-state index < -0.39 is 5.60 Å². The average Bonchev–Trinajstić information content (AvgIpc) is 3.35. The van der Waals surface area contributed by atoms with Crippen molar-refractivity contribution < 1.29 is 4.74 Å². The largest absolute Gasteiger partial charge is 0.472 e. The summed E-state index contributed by atoms with van der Waals surface area (Å²) in [5, 5.41) is 2.32. The Kier molecular flexibility index (Phi) is 5.99. The highest BCUT2D eigenvalue weighted by Crippen LogP contribution is 2.60. The van der Waals surface area contributed by atoms with Gasteiger partial charge in [0, 0.05) is 47.3 Å². The molecular formula is C39H34N2O. The van der Waals surface area contributed by atoms with Crippen molar-refractivity contribution in [3.63, 3.8) is 0 Å². The molecule has 0 amide bonds. The van der Waals surface area contributed by atoms with Gasteiger partial charge in [-0.1, -0.05) is 105 Å². The highest BCUT2D eigenvalue weighted by Gasteiger charge is 2.46. The van der Waals surface area contributed by atoms with E-state index in [0.717, 1.165) is 46.4 Å². The Hall–Kier alpha value is -4.81. The van der Waals surface area contributed by atoms with Crippen LogP contribution in [0.3, 0.4) is 0 Å². The van der Waals surface area contributed by atoms with E-state index in [1.165, 1.54) is 27.6 Å². The van der Waals surface area contributed by atoms with E-state index in [9.17, 15) is 0 Å². The maximum atomic E-state index is 7.73. The number of fused-ring (bicyclic) bond motifs is 8. The van der Waals surface area contributed by atoms with Gasteiger partial charge in [0.15, 0.2) is 11.3 Å². The zero-order valence-electron chi connectivity index (χ0n) is 24.6. The fraction of sp³-hybridized carbons (Fsp3) is 0.205. The summed E-state index contributed by atoms with van der Waals surface area (Å²) in [4.78, 5) is 5.93. The molecule has 1 aliphatic carbocycles. The van der Waals surface area contributed by atoms with Gasteiger partial charge in [0.05, 0.1) is 6.57 Å². The lowest BCUT2D eigenvalue weighted by Gasteiger charge is -2.39. The summed E-state index contributed by atoms with van der Waals surface area (Å²) in [5.74, 6) is 0.928. The first-order valence-corrected chi connectivity index (χ1v) is 14.8. The first-order chi connectivity index (χ1) is 20.5. The van der Waals surface area contributed by atoms with Gasteiger partial charge in [-0.15, -0.1) is 0 Å². The van der Waals surface area contributed by atoms with E-state index in [1.54, 1.807) is 0 Å². The van der Waals surface area contributed by atoms with Crippen LogP contribution in [0.5, 0.6) is 5.75 Å². The van der Waals surface area contributed by atoms with E-state index in [1.807, 2.05) is 6.07 Å². The predicted molar refractivity (Wildman–Crippen MR) is 175 cm³/mol. The fourth-order valence-corrected chi connectivity index (χ4v) is 7.37. The van der Waals surface area contributed by atoms with Crippen LogP contribution in [0.2, 0.25) is 0 Å². The molecule has 1 aliphatic heterocycles. The van der Waals surface area contributed by atoms with Crippen molar-refractivity contribution in [2.24, 2.45) is 0 Å². The standard InChI is InChI=1S/C39H34N2O/c1-6-38(7-2)34-25-28(40-3)19-22-32(34)35-30-15-11-12-16-31(30)37-33(36(35)38)23-24-39(42-37,26-13-9-8-10-14-26)27-17-20-29(21-18-27)41(4)5/h8-25H,6-7H2,1-2,4-5H3. The number of rotatable bonds is 5. The molecule has 1 heterocycles. The number of nitrogens with zero attached hydrogens (tertiary/aromatic N) is 2. The van der Waals surface area contributed by atoms with Gasteiger partial charge in [0.1, 0.15) is 5.75 Å². The number of hydrogen-bond donors (Lipinski definition) is 0. The molecule has 0 spiro atoms. The molecule has 7 rings (SSSR count). The molecule has 0 saturated carbocycles. The minimum atomic E-state index is -0.778. The maximum absolute atomic E-state index is 7.73. The molecule has 206 valence electrons. The zero-order valence-corrected chi connectivity index (χ0v) is 24.6. The SMILES string of the molecule is [C-]#[N+]c1ccc2c(c1)C(CC)(CC)c1c3c(c4ccccc4c1-2)OC(c1ccccc1)(c1ccc(N(C)C)cc1)C=C3. The molecular weight excluding hydrogens is 512 g/mol. The molecule has 0 aromatic heterocycles. The second-order valence-electron chi connectivity index (χ2n) is 11.6. The monoisotopic (exact) mass is 546 g/mol. The van der Waals surface area contributed by atoms with Crippen LogP contribution in [0.1, 0.15) is 54.5 Å². The minimum Gasteiger partial charge on any atom is -0.472 e. The molecule has 1 atom stereocenters. The molecule has 2 aliphatic rings. The summed E-state index contributed by atoms with van der Waals surface area (Å²) in [6, 6.07) is 34.2. The molecule has 5 aromatic rings.